The topological polar surface area (TPSA) is 47.9 Å². The van der Waals surface area contributed by atoms with Gasteiger partial charge in [0.2, 0.25) is 0 Å². The molecule has 0 aromatic heterocycles. The summed E-state index contributed by atoms with van der Waals surface area (Å²) >= 11 is 0. The van der Waals surface area contributed by atoms with Crippen LogP contribution in [0.4, 0.5) is 8.87 Å². The number of methoxy groups -OCH3 is 1. The summed E-state index contributed by atoms with van der Waals surface area (Å²) in [5.41, 5.74) is 0. The third-order valence-electron chi connectivity index (χ3n) is 1.70. The molecule has 0 bridgehead atoms. The molecule has 0 saturated carbocycles. The van der Waals surface area contributed by atoms with Crippen LogP contribution in [-0.2, 0) is 14.3 Å². The monoisotopic (exact) mass is 209 g/mol. The van der Waals surface area contributed by atoms with Crippen LogP contribution in [0.3, 0.4) is 0 Å². The van der Waals surface area contributed by atoms with Crippen molar-refractivity contribution in [2.45, 2.75) is 25.9 Å². The van der Waals surface area contributed by atoms with E-state index >= 15 is 0 Å². The molecule has 0 spiro atoms. The van der Waals surface area contributed by atoms with Gasteiger partial charge in [-0.25, -0.2) is 4.79 Å². The maximum atomic E-state index is 12.1. The Hall–Kier alpha value is -1.04. The molecule has 0 N–H and O–H groups in total. The fourth-order valence-corrected chi connectivity index (χ4v) is 0.866. The Kier molecular flexibility index (Phi) is 6.82. The molecule has 0 fully saturated rings. The van der Waals surface area contributed by atoms with Crippen molar-refractivity contribution in [1.82, 2.24) is 0 Å². The number of rotatable bonds is 6. The second-order valence-electron chi connectivity index (χ2n) is 2.57. The highest BCUT2D eigenvalue weighted by Crippen LogP contribution is 2.02. The third kappa shape index (κ3) is 4.86. The van der Waals surface area contributed by atoms with E-state index in [-0.39, 0.29) is 12.7 Å². The smallest absolute Gasteiger partial charge is 0.389 e. The fraction of sp³-hybridized carbons (Fsp3) is 0.750. The molecule has 0 saturated heterocycles. The van der Waals surface area contributed by atoms with Crippen LogP contribution in [0.1, 0.15) is 19.8 Å². The Morgan fingerprint density at radius 3 is 2.64 bits per heavy atom. The van der Waals surface area contributed by atoms with Crippen molar-refractivity contribution >= 4 is 11.9 Å². The van der Waals surface area contributed by atoms with Crippen molar-refractivity contribution in [2.75, 3.05) is 13.7 Å². The van der Waals surface area contributed by atoms with Crippen molar-refractivity contribution in [2.24, 2.45) is 5.21 Å². The first-order valence-corrected chi connectivity index (χ1v) is 4.20. The lowest BCUT2D eigenvalue weighted by Crippen LogP contribution is -2.18. The molecule has 1 unspecified atom stereocenters. The Balaban J connectivity index is 3.68. The van der Waals surface area contributed by atoms with Gasteiger partial charge in [0.15, 0.2) is 0 Å². The van der Waals surface area contributed by atoms with Gasteiger partial charge in [-0.15, -0.1) is 0 Å². The number of halogens is 2. The number of hydrogen-bond acceptors (Lipinski definition) is 4. The van der Waals surface area contributed by atoms with E-state index in [1.807, 2.05) is 6.92 Å². The average Bonchev–Trinajstić information content (AvgIpc) is 2.22. The minimum Gasteiger partial charge on any atom is -0.459 e. The predicted molar refractivity (Wildman–Crippen MR) is 46.3 cm³/mol. The zero-order chi connectivity index (χ0) is 11.0. The quantitative estimate of drug-likeness (QED) is 0.493. The largest absolute Gasteiger partial charge is 0.459 e. The van der Waals surface area contributed by atoms with Crippen molar-refractivity contribution in [3.05, 3.63) is 0 Å². The molecule has 0 aliphatic carbocycles. The number of carbonyl (C=O) groups is 1. The highest BCUT2D eigenvalue weighted by molar-refractivity contribution is 6.31. The molecule has 82 valence electrons. The lowest BCUT2D eigenvalue weighted by molar-refractivity contribution is -0.137. The van der Waals surface area contributed by atoms with Crippen LogP contribution in [-0.4, -0.2) is 31.8 Å². The number of esters is 1. The normalized spacial score (nSPS) is 13.9. The second kappa shape index (κ2) is 7.37. The van der Waals surface area contributed by atoms with Crippen LogP contribution in [0.5, 0.6) is 0 Å². The SMILES string of the molecule is CCC(CCOC(=O)C(F)=NF)OC. The zero-order valence-corrected chi connectivity index (χ0v) is 8.13. The molecule has 0 rings (SSSR count). The summed E-state index contributed by atoms with van der Waals surface area (Å²) in [6, 6.07) is 0. The first kappa shape index (κ1) is 13.0. The first-order valence-electron chi connectivity index (χ1n) is 4.20. The summed E-state index contributed by atoms with van der Waals surface area (Å²) in [7, 11) is 1.53. The van der Waals surface area contributed by atoms with E-state index < -0.39 is 11.9 Å². The van der Waals surface area contributed by atoms with Crippen LogP contribution < -0.4 is 0 Å². The lowest BCUT2D eigenvalue weighted by Gasteiger charge is -2.11. The molecular formula is C8H13F2NO3. The predicted octanol–water partition coefficient (Wildman–Crippen LogP) is 1.60. The molecule has 0 radical (unpaired) electrons. The minimum atomic E-state index is -1.77. The van der Waals surface area contributed by atoms with Gasteiger partial charge in [0.1, 0.15) is 0 Å². The van der Waals surface area contributed by atoms with E-state index in [9.17, 15) is 13.7 Å². The number of carbonyl (C=O) groups excluding carboxylic acids is 1. The fourth-order valence-electron chi connectivity index (χ4n) is 0.866. The summed E-state index contributed by atoms with van der Waals surface area (Å²) in [6.07, 6.45) is 1.15. The molecular weight excluding hydrogens is 196 g/mol. The van der Waals surface area contributed by atoms with Gasteiger partial charge in [-0.05, 0) is 11.6 Å². The van der Waals surface area contributed by atoms with Crippen molar-refractivity contribution in [3.63, 3.8) is 0 Å². The van der Waals surface area contributed by atoms with Gasteiger partial charge >= 0.3 is 11.9 Å². The van der Waals surface area contributed by atoms with Gasteiger partial charge in [-0.2, -0.15) is 4.39 Å². The Morgan fingerprint density at radius 1 is 1.57 bits per heavy atom. The zero-order valence-electron chi connectivity index (χ0n) is 8.13. The summed E-state index contributed by atoms with van der Waals surface area (Å²) in [5, 5.41) is 1.57. The average molecular weight is 209 g/mol. The summed E-state index contributed by atoms with van der Waals surface area (Å²) < 4.78 is 32.7. The molecule has 0 aliphatic rings. The number of nitrogens with zero attached hydrogens (tertiary/aromatic N) is 1. The van der Waals surface area contributed by atoms with Gasteiger partial charge in [0, 0.05) is 13.5 Å². The van der Waals surface area contributed by atoms with Crippen LogP contribution in [0.25, 0.3) is 0 Å². The van der Waals surface area contributed by atoms with E-state index in [4.69, 9.17) is 4.74 Å². The summed E-state index contributed by atoms with van der Waals surface area (Å²) in [6.45, 7) is 1.88. The molecule has 0 aromatic rings. The second-order valence-corrected chi connectivity index (χ2v) is 2.57. The number of ether oxygens (including phenoxy) is 2. The Morgan fingerprint density at radius 2 is 2.21 bits per heavy atom. The molecule has 0 amide bonds. The molecule has 0 heterocycles. The minimum absolute atomic E-state index is 0.0197. The van der Waals surface area contributed by atoms with Crippen molar-refractivity contribution in [3.8, 4) is 0 Å². The molecule has 1 atom stereocenters. The highest BCUT2D eigenvalue weighted by Gasteiger charge is 2.13. The number of hydrogen-bond donors (Lipinski definition) is 0. The summed E-state index contributed by atoms with van der Waals surface area (Å²) in [5.74, 6) is -3.16. The maximum Gasteiger partial charge on any atom is 0.389 e. The van der Waals surface area contributed by atoms with Gasteiger partial charge in [-0.3, -0.25) is 0 Å². The van der Waals surface area contributed by atoms with E-state index in [1.54, 1.807) is 5.21 Å². The molecule has 14 heavy (non-hydrogen) atoms. The standard InChI is InChI=1S/C8H13F2NO3/c1-3-6(13-2)4-5-14-8(12)7(9)11-10/h6H,3-5H2,1-2H3. The van der Waals surface area contributed by atoms with E-state index in [0.29, 0.717) is 6.42 Å². The third-order valence-corrected chi connectivity index (χ3v) is 1.70. The van der Waals surface area contributed by atoms with Gasteiger partial charge in [0.25, 0.3) is 0 Å². The Labute approximate surface area is 80.8 Å². The van der Waals surface area contributed by atoms with Crippen molar-refractivity contribution in [1.29, 1.82) is 0 Å². The van der Waals surface area contributed by atoms with Crippen LogP contribution in [0.2, 0.25) is 0 Å². The molecule has 6 heteroatoms. The van der Waals surface area contributed by atoms with Crippen LogP contribution >= 0.6 is 0 Å². The van der Waals surface area contributed by atoms with Gasteiger partial charge in [0.05, 0.1) is 12.7 Å². The first-order chi connectivity index (χ1) is 6.65. The molecule has 0 aromatic carbocycles. The van der Waals surface area contributed by atoms with Crippen LogP contribution in [0.15, 0.2) is 5.21 Å². The highest BCUT2D eigenvalue weighted by atomic mass is 19.2. The van der Waals surface area contributed by atoms with Crippen LogP contribution in [0, 0.1) is 0 Å². The van der Waals surface area contributed by atoms with Gasteiger partial charge < -0.3 is 9.47 Å². The molecule has 0 aliphatic heterocycles. The maximum absolute atomic E-state index is 12.1. The van der Waals surface area contributed by atoms with Crippen molar-refractivity contribution < 1.29 is 23.1 Å². The van der Waals surface area contributed by atoms with E-state index in [0.717, 1.165) is 6.42 Å². The van der Waals surface area contributed by atoms with Gasteiger partial charge in [-0.1, -0.05) is 11.4 Å². The van der Waals surface area contributed by atoms with E-state index in [2.05, 4.69) is 4.74 Å². The Bertz CT molecular complexity index is 205. The summed E-state index contributed by atoms with van der Waals surface area (Å²) in [4.78, 5) is 10.5. The van der Waals surface area contributed by atoms with E-state index in [1.165, 1.54) is 7.11 Å². The molecule has 4 nitrogen and oxygen atoms in total. The lowest BCUT2D eigenvalue weighted by atomic mass is 10.2.